The maximum atomic E-state index is 11.5. The molecule has 2 aromatic carbocycles. The van der Waals surface area contributed by atoms with Crippen LogP contribution in [0, 0.1) is 0 Å². The summed E-state index contributed by atoms with van der Waals surface area (Å²) in [5.74, 6) is -1.30. The molecule has 16 heavy (non-hydrogen) atoms. The second-order valence-electron chi connectivity index (χ2n) is 3.51. The van der Waals surface area contributed by atoms with Gasteiger partial charge in [-0.3, -0.25) is 0 Å². The van der Waals surface area contributed by atoms with Crippen molar-refractivity contribution in [2.24, 2.45) is 0 Å². The zero-order valence-electron chi connectivity index (χ0n) is 7.99. The van der Waals surface area contributed by atoms with Crippen LogP contribution in [0.15, 0.2) is 30.3 Å². The topological polar surface area (TPSA) is 43.4 Å². The summed E-state index contributed by atoms with van der Waals surface area (Å²) in [4.78, 5) is 23.0. The normalized spacial score (nSPS) is 14.1. The fourth-order valence-electron chi connectivity index (χ4n) is 1.91. The van der Waals surface area contributed by atoms with Crippen LogP contribution in [-0.2, 0) is 4.74 Å². The number of hydrogen-bond donors (Lipinski definition) is 0. The molecule has 3 rings (SSSR count). The third-order valence-electron chi connectivity index (χ3n) is 2.59. The molecule has 0 fully saturated rings. The van der Waals surface area contributed by atoms with Gasteiger partial charge in [-0.15, -0.1) is 0 Å². The molecule has 4 heteroatoms. The number of cyclic esters (lactones) is 2. The van der Waals surface area contributed by atoms with E-state index in [1.165, 1.54) is 0 Å². The average Bonchev–Trinajstić information content (AvgIpc) is 2.55. The highest BCUT2D eigenvalue weighted by Gasteiger charge is 2.33. The van der Waals surface area contributed by atoms with E-state index < -0.39 is 11.9 Å². The SMILES string of the molecule is O=C1OC(=O)c2c1c(Cl)cc1ccccc21. The highest BCUT2D eigenvalue weighted by atomic mass is 35.5. The van der Waals surface area contributed by atoms with Crippen LogP contribution in [0.25, 0.3) is 10.8 Å². The quantitative estimate of drug-likeness (QED) is 0.518. The van der Waals surface area contributed by atoms with Gasteiger partial charge in [-0.2, -0.15) is 0 Å². The van der Waals surface area contributed by atoms with Gasteiger partial charge in [-0.25, -0.2) is 9.59 Å². The van der Waals surface area contributed by atoms with Crippen LogP contribution in [-0.4, -0.2) is 11.9 Å². The summed E-state index contributed by atoms with van der Waals surface area (Å²) in [6, 6.07) is 8.90. The van der Waals surface area contributed by atoms with E-state index in [1.54, 1.807) is 18.2 Å². The van der Waals surface area contributed by atoms with Crippen molar-refractivity contribution in [3.05, 3.63) is 46.5 Å². The van der Waals surface area contributed by atoms with Crippen LogP contribution in [0.4, 0.5) is 0 Å². The van der Waals surface area contributed by atoms with Crippen molar-refractivity contribution >= 4 is 34.3 Å². The second kappa shape index (κ2) is 3.06. The molecule has 0 unspecified atom stereocenters. The van der Waals surface area contributed by atoms with E-state index in [-0.39, 0.29) is 16.1 Å². The first-order valence-corrected chi connectivity index (χ1v) is 5.04. The van der Waals surface area contributed by atoms with Gasteiger partial charge in [-0.05, 0) is 16.8 Å². The standard InChI is InChI=1S/C12H5ClO3/c13-8-5-6-3-1-2-4-7(6)9-10(8)12(15)16-11(9)14/h1-5H. The van der Waals surface area contributed by atoms with Gasteiger partial charge in [0.2, 0.25) is 0 Å². The highest BCUT2D eigenvalue weighted by molar-refractivity contribution is 6.37. The third-order valence-corrected chi connectivity index (χ3v) is 2.89. The fraction of sp³-hybridized carbons (Fsp3) is 0. The third kappa shape index (κ3) is 1.09. The van der Waals surface area contributed by atoms with Crippen molar-refractivity contribution in [1.29, 1.82) is 0 Å². The molecule has 0 saturated heterocycles. The number of ether oxygens (including phenoxy) is 1. The molecular weight excluding hydrogens is 228 g/mol. The maximum Gasteiger partial charge on any atom is 0.348 e. The molecule has 0 spiro atoms. The minimum absolute atomic E-state index is 0.172. The average molecular weight is 233 g/mol. The minimum Gasteiger partial charge on any atom is -0.386 e. The number of rotatable bonds is 0. The predicted octanol–water partition coefficient (Wildman–Crippen LogP) is 2.80. The van der Waals surface area contributed by atoms with E-state index in [1.807, 2.05) is 12.1 Å². The number of carbonyl (C=O) groups is 2. The molecule has 0 saturated carbocycles. The number of esters is 2. The molecule has 0 radical (unpaired) electrons. The Morgan fingerprint density at radius 2 is 1.69 bits per heavy atom. The fourth-order valence-corrected chi connectivity index (χ4v) is 2.20. The molecule has 1 aliphatic heterocycles. The highest BCUT2D eigenvalue weighted by Crippen LogP contribution is 2.34. The van der Waals surface area contributed by atoms with E-state index in [2.05, 4.69) is 4.74 Å². The Bertz CT molecular complexity index is 646. The van der Waals surface area contributed by atoms with E-state index >= 15 is 0 Å². The maximum absolute atomic E-state index is 11.5. The van der Waals surface area contributed by atoms with Crippen molar-refractivity contribution < 1.29 is 14.3 Å². The molecule has 0 atom stereocenters. The van der Waals surface area contributed by atoms with Crippen LogP contribution in [0.1, 0.15) is 20.7 Å². The first-order chi connectivity index (χ1) is 7.68. The van der Waals surface area contributed by atoms with Crippen molar-refractivity contribution in [1.82, 2.24) is 0 Å². The first-order valence-electron chi connectivity index (χ1n) is 4.66. The van der Waals surface area contributed by atoms with Crippen molar-refractivity contribution in [2.75, 3.05) is 0 Å². The van der Waals surface area contributed by atoms with Gasteiger partial charge >= 0.3 is 11.9 Å². The summed E-state index contributed by atoms with van der Waals surface area (Å²) in [6.07, 6.45) is 0. The smallest absolute Gasteiger partial charge is 0.348 e. The molecule has 0 amide bonds. The van der Waals surface area contributed by atoms with E-state index in [9.17, 15) is 9.59 Å². The Morgan fingerprint density at radius 1 is 1.00 bits per heavy atom. The molecule has 3 nitrogen and oxygen atoms in total. The van der Waals surface area contributed by atoms with Crippen molar-refractivity contribution in [2.45, 2.75) is 0 Å². The predicted molar refractivity (Wildman–Crippen MR) is 58.7 cm³/mol. The molecule has 2 aromatic rings. The van der Waals surface area contributed by atoms with Gasteiger partial charge in [0.05, 0.1) is 16.1 Å². The molecule has 0 bridgehead atoms. The molecule has 1 aliphatic rings. The van der Waals surface area contributed by atoms with Crippen LogP contribution >= 0.6 is 11.6 Å². The van der Waals surface area contributed by atoms with Gasteiger partial charge in [0, 0.05) is 0 Å². The summed E-state index contributed by atoms with van der Waals surface area (Å²) in [6.45, 7) is 0. The van der Waals surface area contributed by atoms with E-state index in [0.717, 1.165) is 5.39 Å². The zero-order valence-corrected chi connectivity index (χ0v) is 8.75. The number of halogens is 1. The lowest BCUT2D eigenvalue weighted by Gasteiger charge is -2.02. The number of carbonyl (C=O) groups excluding carboxylic acids is 2. The summed E-state index contributed by atoms with van der Waals surface area (Å²) >= 11 is 5.96. The Kier molecular flexibility index (Phi) is 1.79. The van der Waals surface area contributed by atoms with Gasteiger partial charge in [0.1, 0.15) is 0 Å². The van der Waals surface area contributed by atoms with Gasteiger partial charge < -0.3 is 4.74 Å². The molecule has 0 N–H and O–H groups in total. The Labute approximate surface area is 95.6 Å². The van der Waals surface area contributed by atoms with Crippen LogP contribution in [0.3, 0.4) is 0 Å². The summed E-state index contributed by atoms with van der Waals surface area (Å²) in [7, 11) is 0. The molecule has 78 valence electrons. The minimum atomic E-state index is -0.671. The Morgan fingerprint density at radius 3 is 2.50 bits per heavy atom. The van der Waals surface area contributed by atoms with E-state index in [0.29, 0.717) is 5.39 Å². The molecule has 0 aliphatic carbocycles. The van der Waals surface area contributed by atoms with Crippen LogP contribution in [0.5, 0.6) is 0 Å². The Balaban J connectivity index is 2.54. The van der Waals surface area contributed by atoms with Crippen LogP contribution in [0.2, 0.25) is 5.02 Å². The number of fused-ring (bicyclic) bond motifs is 3. The summed E-state index contributed by atoms with van der Waals surface area (Å²) in [5.41, 5.74) is 0.443. The Hall–Kier alpha value is -1.87. The molecule has 1 heterocycles. The monoisotopic (exact) mass is 232 g/mol. The lowest BCUT2D eigenvalue weighted by Crippen LogP contribution is -1.97. The first kappa shape index (κ1) is 9.36. The van der Waals surface area contributed by atoms with E-state index in [4.69, 9.17) is 11.6 Å². The number of benzene rings is 2. The van der Waals surface area contributed by atoms with Crippen molar-refractivity contribution in [3.8, 4) is 0 Å². The largest absolute Gasteiger partial charge is 0.386 e. The summed E-state index contributed by atoms with van der Waals surface area (Å²) < 4.78 is 4.56. The zero-order chi connectivity index (χ0) is 11.3. The van der Waals surface area contributed by atoms with Crippen LogP contribution < -0.4 is 0 Å². The van der Waals surface area contributed by atoms with Gasteiger partial charge in [0.15, 0.2) is 0 Å². The lowest BCUT2D eigenvalue weighted by molar-refractivity contribution is 0.0444. The molecular formula is C12H5ClO3. The van der Waals surface area contributed by atoms with Crippen molar-refractivity contribution in [3.63, 3.8) is 0 Å². The van der Waals surface area contributed by atoms with Gasteiger partial charge in [-0.1, -0.05) is 35.9 Å². The van der Waals surface area contributed by atoms with Gasteiger partial charge in [0.25, 0.3) is 0 Å². The number of hydrogen-bond acceptors (Lipinski definition) is 3. The second-order valence-corrected chi connectivity index (χ2v) is 3.91. The lowest BCUT2D eigenvalue weighted by atomic mass is 10.0. The summed E-state index contributed by atoms with van der Waals surface area (Å²) in [5, 5.41) is 1.76. The molecule has 0 aromatic heterocycles.